The summed E-state index contributed by atoms with van der Waals surface area (Å²) in [5, 5.41) is 9.65. The molecule has 1 aliphatic heterocycles. The average molecular weight is 528 g/mol. The zero-order valence-electron chi connectivity index (χ0n) is 19.6. The molecule has 0 spiro atoms. The Balaban J connectivity index is 1.46. The molecule has 0 N–H and O–H groups in total. The number of esters is 1. The Bertz CT molecular complexity index is 1560. The predicted molar refractivity (Wildman–Crippen MR) is 128 cm³/mol. The van der Waals surface area contributed by atoms with Crippen molar-refractivity contribution in [1.29, 1.82) is 5.26 Å². The third kappa shape index (κ3) is 4.29. The van der Waals surface area contributed by atoms with Crippen molar-refractivity contribution in [3.63, 3.8) is 0 Å². The van der Waals surface area contributed by atoms with E-state index < -0.39 is 28.0 Å². The van der Waals surface area contributed by atoms with E-state index in [1.807, 2.05) is 0 Å². The fraction of sp³-hybridized carbons (Fsp3) is 0.250. The van der Waals surface area contributed by atoms with Gasteiger partial charge in [-0.25, -0.2) is 23.5 Å². The lowest BCUT2D eigenvalue weighted by atomic mass is 9.99. The molecule has 2 aromatic carbocycles. The van der Waals surface area contributed by atoms with Gasteiger partial charge < -0.3 is 9.47 Å². The van der Waals surface area contributed by atoms with Crippen molar-refractivity contribution in [2.24, 2.45) is 5.92 Å². The van der Waals surface area contributed by atoms with E-state index in [0.717, 1.165) is 8.61 Å². The van der Waals surface area contributed by atoms with Gasteiger partial charge in [0.15, 0.2) is 5.69 Å². The third-order valence-corrected chi connectivity index (χ3v) is 8.01. The second-order valence-corrected chi connectivity index (χ2v) is 10.4. The maximum absolute atomic E-state index is 13.5. The van der Waals surface area contributed by atoms with Gasteiger partial charge in [-0.3, -0.25) is 8.61 Å². The summed E-state index contributed by atoms with van der Waals surface area (Å²) in [5.41, 5.74) is 1.89. The van der Waals surface area contributed by atoms with Gasteiger partial charge in [0.25, 0.3) is 5.92 Å². The maximum Gasteiger partial charge on any atom is 0.358 e. The molecule has 3 aromatic rings. The van der Waals surface area contributed by atoms with E-state index in [-0.39, 0.29) is 24.5 Å². The lowest BCUT2D eigenvalue weighted by Gasteiger charge is -2.18. The molecule has 1 fully saturated rings. The smallest absolute Gasteiger partial charge is 0.358 e. The minimum absolute atomic E-state index is 0.00651. The number of alkyl halides is 2. The number of hydrogen-bond donors (Lipinski definition) is 0. The number of halogens is 2. The highest BCUT2D eigenvalue weighted by Crippen LogP contribution is 2.52. The number of nitrogens with zero attached hydrogens (tertiary/aromatic N) is 5. The van der Waals surface area contributed by atoms with Crippen LogP contribution in [0, 0.1) is 17.2 Å². The first-order valence-corrected chi connectivity index (χ1v) is 12.4. The van der Waals surface area contributed by atoms with Crippen LogP contribution < -0.4 is 13.3 Å². The lowest BCUT2D eigenvalue weighted by molar-refractivity contribution is 0.0593. The van der Waals surface area contributed by atoms with E-state index in [9.17, 15) is 27.3 Å². The normalized spacial score (nSPS) is 18.6. The molecule has 1 saturated carbocycles. The van der Waals surface area contributed by atoms with E-state index in [0.29, 0.717) is 33.8 Å². The van der Waals surface area contributed by atoms with Gasteiger partial charge in [-0.2, -0.15) is 13.7 Å². The number of methoxy groups -OCH3 is 1. The predicted octanol–water partition coefficient (Wildman–Crippen LogP) is 3.75. The van der Waals surface area contributed by atoms with Gasteiger partial charge in [0.05, 0.1) is 42.5 Å². The van der Waals surface area contributed by atoms with E-state index >= 15 is 0 Å². The standard InChI is InChI=1S/C24H19F2N5O5S/c1-30-21-7-14(4-6-20(21)31(37(30,33)34)13-16-9-24(16,25)26)18-8-17(5-3-15(18)10-27)36-22-12-28-19(11-29-22)23(32)35-2/h3-8,11-12,16H,9,13H2,1-2H3. The number of aromatic nitrogens is 2. The van der Waals surface area contributed by atoms with Crippen molar-refractivity contribution in [3.05, 3.63) is 60.0 Å². The largest absolute Gasteiger partial charge is 0.464 e. The summed E-state index contributed by atoms with van der Waals surface area (Å²) < 4.78 is 65.2. The van der Waals surface area contributed by atoms with Crippen molar-refractivity contribution in [2.45, 2.75) is 12.3 Å². The first-order valence-electron chi connectivity index (χ1n) is 11.0. The monoisotopic (exact) mass is 527 g/mol. The van der Waals surface area contributed by atoms with Crippen LogP contribution in [0.5, 0.6) is 11.6 Å². The summed E-state index contributed by atoms with van der Waals surface area (Å²) in [6, 6.07) is 11.5. The molecule has 0 saturated heterocycles. The van der Waals surface area contributed by atoms with E-state index in [1.54, 1.807) is 24.3 Å². The van der Waals surface area contributed by atoms with Gasteiger partial charge in [0.1, 0.15) is 5.75 Å². The van der Waals surface area contributed by atoms with Crippen LogP contribution in [0.25, 0.3) is 11.1 Å². The molecule has 5 rings (SSSR count). The van der Waals surface area contributed by atoms with Gasteiger partial charge in [0.2, 0.25) is 5.88 Å². The van der Waals surface area contributed by atoms with Crippen LogP contribution in [0.3, 0.4) is 0 Å². The Morgan fingerprint density at radius 1 is 1.19 bits per heavy atom. The van der Waals surface area contributed by atoms with Crippen molar-refractivity contribution in [3.8, 4) is 28.8 Å². The maximum atomic E-state index is 13.5. The van der Waals surface area contributed by atoms with Crippen molar-refractivity contribution >= 4 is 27.6 Å². The molecule has 0 bridgehead atoms. The number of benzene rings is 2. The van der Waals surface area contributed by atoms with Crippen LogP contribution in [0.1, 0.15) is 22.5 Å². The molecule has 1 atom stereocenters. The molecule has 37 heavy (non-hydrogen) atoms. The number of carbonyl (C=O) groups is 1. The van der Waals surface area contributed by atoms with Crippen LogP contribution >= 0.6 is 0 Å². The fourth-order valence-corrected chi connectivity index (χ4v) is 5.50. The Morgan fingerprint density at radius 2 is 1.95 bits per heavy atom. The molecule has 1 aliphatic carbocycles. The fourth-order valence-electron chi connectivity index (χ4n) is 4.03. The Hall–Kier alpha value is -4.31. The summed E-state index contributed by atoms with van der Waals surface area (Å²) in [6.07, 6.45) is 2.10. The van der Waals surface area contributed by atoms with Crippen LogP contribution in [-0.4, -0.2) is 51.0 Å². The first-order chi connectivity index (χ1) is 17.5. The molecule has 2 aliphatic rings. The van der Waals surface area contributed by atoms with Crippen LogP contribution in [0.2, 0.25) is 0 Å². The molecule has 1 aromatic heterocycles. The number of rotatable bonds is 6. The first kappa shape index (κ1) is 24.4. The molecule has 10 nitrogen and oxygen atoms in total. The minimum Gasteiger partial charge on any atom is -0.464 e. The van der Waals surface area contributed by atoms with Crippen molar-refractivity contribution < 1.29 is 31.5 Å². The summed E-state index contributed by atoms with van der Waals surface area (Å²) in [4.78, 5) is 19.5. The highest BCUT2D eigenvalue weighted by Gasteiger charge is 2.59. The number of hydrogen-bond acceptors (Lipinski definition) is 8. The number of anilines is 2. The van der Waals surface area contributed by atoms with E-state index in [4.69, 9.17) is 4.74 Å². The quantitative estimate of drug-likeness (QED) is 0.444. The number of fused-ring (bicyclic) bond motifs is 1. The molecule has 2 heterocycles. The third-order valence-electron chi connectivity index (χ3n) is 6.22. The molecule has 13 heteroatoms. The van der Waals surface area contributed by atoms with Gasteiger partial charge in [-0.15, -0.1) is 0 Å². The topological polar surface area (TPSA) is 126 Å². The zero-order valence-corrected chi connectivity index (χ0v) is 20.4. The average Bonchev–Trinajstić information content (AvgIpc) is 3.46. The SMILES string of the molecule is COC(=O)c1cnc(Oc2ccc(C#N)c(-c3ccc4c(c3)N(C)S(=O)(=O)N4CC3CC3(F)F)c2)cn1. The number of ether oxygens (including phenoxy) is 2. The van der Waals surface area contributed by atoms with Gasteiger partial charge in [-0.1, -0.05) is 6.07 Å². The molecule has 1 unspecified atom stereocenters. The lowest BCUT2D eigenvalue weighted by Crippen LogP contribution is -2.37. The molecule has 0 amide bonds. The molecule has 0 radical (unpaired) electrons. The van der Waals surface area contributed by atoms with Gasteiger partial charge in [-0.05, 0) is 35.9 Å². The number of nitriles is 1. The zero-order chi connectivity index (χ0) is 26.5. The second kappa shape index (κ2) is 8.67. The van der Waals surface area contributed by atoms with Crippen LogP contribution in [0.4, 0.5) is 20.2 Å². The Kier molecular flexibility index (Phi) is 5.71. The van der Waals surface area contributed by atoms with Crippen molar-refractivity contribution in [2.75, 3.05) is 29.3 Å². The summed E-state index contributed by atoms with van der Waals surface area (Å²) >= 11 is 0. The summed E-state index contributed by atoms with van der Waals surface area (Å²) in [6.45, 7) is -0.311. The van der Waals surface area contributed by atoms with Gasteiger partial charge in [0, 0.05) is 31.5 Å². The highest BCUT2D eigenvalue weighted by atomic mass is 32.2. The van der Waals surface area contributed by atoms with Crippen molar-refractivity contribution in [1.82, 2.24) is 9.97 Å². The molecular formula is C24H19F2N5O5S. The minimum atomic E-state index is -4.01. The molecular weight excluding hydrogens is 508 g/mol. The van der Waals surface area contributed by atoms with E-state index in [1.165, 1.54) is 38.7 Å². The van der Waals surface area contributed by atoms with Crippen LogP contribution in [0.15, 0.2) is 48.8 Å². The number of carbonyl (C=O) groups excluding carboxylic acids is 1. The van der Waals surface area contributed by atoms with E-state index in [2.05, 4.69) is 20.8 Å². The Labute approximate surface area is 210 Å². The van der Waals surface area contributed by atoms with Gasteiger partial charge >= 0.3 is 16.2 Å². The summed E-state index contributed by atoms with van der Waals surface area (Å²) in [7, 11) is -1.43. The molecule has 190 valence electrons. The second-order valence-electron chi connectivity index (χ2n) is 8.52. The Morgan fingerprint density at radius 3 is 2.57 bits per heavy atom. The highest BCUT2D eigenvalue weighted by molar-refractivity contribution is 7.94. The van der Waals surface area contributed by atoms with Crippen LogP contribution in [-0.2, 0) is 14.9 Å². The summed E-state index contributed by atoms with van der Waals surface area (Å²) in [5.74, 6) is -4.12.